The van der Waals surface area contributed by atoms with Gasteiger partial charge >= 0.3 is 6.18 Å². The van der Waals surface area contributed by atoms with Crippen LogP contribution in [-0.2, 0) is 62.3 Å². The van der Waals surface area contributed by atoms with E-state index < -0.39 is 181 Å². The molecule has 26 nitrogen and oxygen atoms in total. The monoisotopic (exact) mass is 1490 g/mol. The van der Waals surface area contributed by atoms with E-state index in [4.69, 9.17) is 22.1 Å². The lowest BCUT2D eigenvalue weighted by Gasteiger charge is -2.43. The van der Waals surface area contributed by atoms with Crippen molar-refractivity contribution in [2.75, 3.05) is 115 Å². The molecule has 2 aliphatic heterocycles. The molecule has 0 aromatic rings. The molecule has 0 aromatic carbocycles. The minimum atomic E-state index is -4.53. The zero-order valence-electron chi connectivity index (χ0n) is 63.9. The predicted molar refractivity (Wildman–Crippen MR) is 386 cm³/mol. The van der Waals surface area contributed by atoms with Crippen LogP contribution in [-0.4, -0.2) is 283 Å². The van der Waals surface area contributed by atoms with Crippen LogP contribution < -0.4 is 21.7 Å². The maximum absolute atomic E-state index is 15.9. The van der Waals surface area contributed by atoms with Crippen molar-refractivity contribution in [3.8, 4) is 0 Å². The molecule has 3 unspecified atom stereocenters. The molecule has 5 N–H and O–H groups in total. The number of rotatable bonds is 16. The SMILES string of the molecule is CC[C@H](C)[C@@H]1NC(=O)[C@H](CC(C)C)N(C)C(=O)C[C@@H](C(=O)N2CCCCC2)N(C)C(=O)[C@H](C2CCCCC2)N(C)C(=O)C2(CCCC2)NC(=O)CN(CCOCCN)C(=O)[C@H](CCC2CCC(C(F)(F)F)C(Cl)C2)NC(=O)CN(C)C(=O)[C@H](CC2CCCCC2)N(C)C(=O)CN(C)C(=O)CN(C)C1=O. The summed E-state index contributed by atoms with van der Waals surface area (Å²) in [4.78, 5) is 191. The first-order valence-electron chi connectivity index (χ1n) is 38.4. The number of carbonyl (C=O) groups is 12. The Morgan fingerprint density at radius 2 is 1.21 bits per heavy atom. The Morgan fingerprint density at radius 1 is 0.615 bits per heavy atom. The second kappa shape index (κ2) is 40.6. The van der Waals surface area contributed by atoms with Crippen LogP contribution in [0, 0.1) is 35.5 Å². The molecule has 104 heavy (non-hydrogen) atoms. The Kier molecular flexibility index (Phi) is 33.8. The van der Waals surface area contributed by atoms with Crippen molar-refractivity contribution in [3.63, 3.8) is 0 Å². The molecule has 590 valence electrons. The van der Waals surface area contributed by atoms with Gasteiger partial charge in [0.1, 0.15) is 41.8 Å². The molecule has 6 rings (SSSR count). The van der Waals surface area contributed by atoms with E-state index >= 15 is 28.8 Å². The first-order chi connectivity index (χ1) is 49.1. The third-order valence-electron chi connectivity index (χ3n) is 23.0. The van der Waals surface area contributed by atoms with Crippen molar-refractivity contribution in [1.82, 2.24) is 60.0 Å². The van der Waals surface area contributed by atoms with Crippen LogP contribution in [0.2, 0.25) is 0 Å². The van der Waals surface area contributed by atoms with E-state index in [0.717, 1.165) is 72.5 Å². The molecular weight excluding hydrogens is 1370 g/mol. The average molecular weight is 1500 g/mol. The molecule has 1 spiro atoms. The van der Waals surface area contributed by atoms with Gasteiger partial charge in [-0.15, -0.1) is 11.6 Å². The van der Waals surface area contributed by atoms with Crippen LogP contribution in [0.4, 0.5) is 13.2 Å². The highest BCUT2D eigenvalue weighted by molar-refractivity contribution is 6.21. The fourth-order valence-corrected chi connectivity index (χ4v) is 16.9. The first kappa shape index (κ1) is 86.6. The van der Waals surface area contributed by atoms with Gasteiger partial charge in [0.05, 0.1) is 51.7 Å². The summed E-state index contributed by atoms with van der Waals surface area (Å²) in [5.74, 6) is -11.1. The molecule has 0 aromatic heterocycles. The number of amides is 12. The van der Waals surface area contributed by atoms with E-state index in [1.807, 2.05) is 20.8 Å². The van der Waals surface area contributed by atoms with Crippen LogP contribution in [0.15, 0.2) is 0 Å². The standard InChI is InChI=1S/C74H123ClF3N13O13/c1-12-49(4)64-70(101)85(7)46-62(95)83(5)47-63(96)87(9)57(42-50-24-16-13-17-25-50)68(99)84(6)44-59(92)80-55(31-29-51-28-30-53(54(75)41-51)74(76,77)78)67(98)91(37-39-104-38-34-79)45-60(93)82-73(32-20-21-33-73)72(103)89(11)65(52-26-18-14-19-27-52)71(102)88(10)58(69(100)90-35-22-15-23-36-90)43-61(94)86(8)56(40-48(2)3)66(97)81-64/h48-58,64-65H,12-47,79H2,1-11H3,(H,80,92)(H,81,97)(H,82,93)/t49-,51?,53?,54?,55-,56-,57-,58-,64-,65-/m0/s1. The molecule has 12 amide bonds. The van der Waals surface area contributed by atoms with E-state index in [1.54, 1.807) is 11.8 Å². The van der Waals surface area contributed by atoms with Crippen molar-refractivity contribution in [2.24, 2.45) is 41.2 Å². The van der Waals surface area contributed by atoms with E-state index in [0.29, 0.717) is 58.0 Å². The largest absolute Gasteiger partial charge is 0.393 e. The summed E-state index contributed by atoms with van der Waals surface area (Å²) in [5, 5.41) is 7.47. The quantitative estimate of drug-likeness (QED) is 0.113. The van der Waals surface area contributed by atoms with Crippen LogP contribution in [0.25, 0.3) is 0 Å². The number of nitrogens with two attached hydrogens (primary N) is 1. The third kappa shape index (κ3) is 23.8. The lowest BCUT2D eigenvalue weighted by Crippen LogP contribution is -2.64. The highest BCUT2D eigenvalue weighted by Crippen LogP contribution is 2.44. The van der Waals surface area contributed by atoms with Gasteiger partial charge in [-0.1, -0.05) is 98.3 Å². The molecule has 10 atom stereocenters. The van der Waals surface area contributed by atoms with Crippen molar-refractivity contribution in [2.45, 2.75) is 248 Å². The Balaban J connectivity index is 1.45. The number of likely N-dealkylation sites (tertiary alicyclic amines) is 1. The summed E-state index contributed by atoms with van der Waals surface area (Å²) in [5.41, 5.74) is 4.17. The maximum Gasteiger partial charge on any atom is 0.393 e. The third-order valence-corrected chi connectivity index (χ3v) is 23.5. The second-order valence-electron chi connectivity index (χ2n) is 31.3. The summed E-state index contributed by atoms with van der Waals surface area (Å²) in [7, 11) is 10.0. The summed E-state index contributed by atoms with van der Waals surface area (Å²) in [6, 6.07) is -7.58. The number of hydrogen-bond acceptors (Lipinski definition) is 14. The van der Waals surface area contributed by atoms with Crippen LogP contribution in [0.5, 0.6) is 0 Å². The zero-order valence-corrected chi connectivity index (χ0v) is 64.6. The van der Waals surface area contributed by atoms with Gasteiger partial charge in [0.25, 0.3) is 0 Å². The molecule has 2 saturated heterocycles. The number of hydrogen-bond donors (Lipinski definition) is 4. The minimum Gasteiger partial charge on any atom is -0.378 e. The number of nitrogens with one attached hydrogen (secondary N) is 3. The smallest absolute Gasteiger partial charge is 0.378 e. The van der Waals surface area contributed by atoms with Crippen LogP contribution >= 0.6 is 11.6 Å². The van der Waals surface area contributed by atoms with Crippen molar-refractivity contribution in [3.05, 3.63) is 0 Å². The maximum atomic E-state index is 15.9. The molecular formula is C74H123ClF3N13O13. The number of halogens is 4. The van der Waals surface area contributed by atoms with Crippen molar-refractivity contribution >= 4 is 82.5 Å². The summed E-state index contributed by atoms with van der Waals surface area (Å²) in [6.07, 6.45) is 6.73. The van der Waals surface area contributed by atoms with Crippen LogP contribution in [0.1, 0.15) is 195 Å². The van der Waals surface area contributed by atoms with Gasteiger partial charge < -0.3 is 70.5 Å². The van der Waals surface area contributed by atoms with Gasteiger partial charge in [0.15, 0.2) is 0 Å². The van der Waals surface area contributed by atoms with Crippen molar-refractivity contribution in [1.29, 1.82) is 0 Å². The van der Waals surface area contributed by atoms with Crippen molar-refractivity contribution < 1.29 is 75.4 Å². The lowest BCUT2D eigenvalue weighted by atomic mass is 9.78. The molecule has 30 heteroatoms. The number of nitrogens with zero attached hydrogens (tertiary/aromatic N) is 9. The van der Waals surface area contributed by atoms with Gasteiger partial charge in [-0.05, 0) is 119 Å². The number of alkyl halides is 4. The molecule has 6 aliphatic rings. The summed E-state index contributed by atoms with van der Waals surface area (Å²) >= 11 is 6.42. The molecule has 0 radical (unpaired) electrons. The van der Waals surface area contributed by atoms with Gasteiger partial charge in [0, 0.05) is 80.9 Å². The Morgan fingerprint density at radius 3 is 1.81 bits per heavy atom. The Labute approximate surface area is 619 Å². The Bertz CT molecular complexity index is 2930. The first-order valence-corrected chi connectivity index (χ1v) is 38.8. The number of carbonyl (C=O) groups excluding carboxylic acids is 12. The van der Waals surface area contributed by atoms with Gasteiger partial charge in [-0.25, -0.2) is 0 Å². The minimum absolute atomic E-state index is 0.0120. The molecule has 4 saturated carbocycles. The lowest BCUT2D eigenvalue weighted by molar-refractivity contribution is -0.182. The summed E-state index contributed by atoms with van der Waals surface area (Å²) in [6.45, 7) is 5.52. The van der Waals surface area contributed by atoms with E-state index in [2.05, 4.69) is 16.0 Å². The molecule has 0 bridgehead atoms. The van der Waals surface area contributed by atoms with Gasteiger partial charge in [-0.2, -0.15) is 13.2 Å². The number of likely N-dealkylation sites (N-methyl/N-ethyl adjacent to an activating group) is 7. The fraction of sp³-hybridized carbons (Fsp3) is 0.838. The molecule has 4 aliphatic carbocycles. The average Bonchev–Trinajstić information content (AvgIpc) is 1.44. The molecule has 2 heterocycles. The van der Waals surface area contributed by atoms with E-state index in [1.165, 1.54) is 73.8 Å². The fourth-order valence-electron chi connectivity index (χ4n) is 16.3. The number of ether oxygens (including phenoxy) is 1. The molecule has 6 fully saturated rings. The normalized spacial score (nSPS) is 28.2. The Hall–Kier alpha value is -6.36. The zero-order chi connectivity index (χ0) is 76.9. The van der Waals surface area contributed by atoms with Gasteiger partial charge in [0.2, 0.25) is 70.9 Å². The van der Waals surface area contributed by atoms with E-state index in [9.17, 15) is 41.9 Å². The summed E-state index contributed by atoms with van der Waals surface area (Å²) < 4.78 is 48.0. The number of piperidine rings is 1. The van der Waals surface area contributed by atoms with Crippen LogP contribution in [0.3, 0.4) is 0 Å². The van der Waals surface area contributed by atoms with Gasteiger partial charge in [-0.3, -0.25) is 57.5 Å². The van der Waals surface area contributed by atoms with E-state index in [-0.39, 0.29) is 95.9 Å². The second-order valence-corrected chi connectivity index (χ2v) is 31.8. The topological polar surface area (TPSA) is 305 Å². The predicted octanol–water partition coefficient (Wildman–Crippen LogP) is 5.30. The highest BCUT2D eigenvalue weighted by Gasteiger charge is 2.51. The highest BCUT2D eigenvalue weighted by atomic mass is 35.5.